The molecule has 1 rings (SSSR count). The third-order valence-electron chi connectivity index (χ3n) is 2.11. The van der Waals surface area contributed by atoms with Gasteiger partial charge in [0.2, 0.25) is 0 Å². The zero-order chi connectivity index (χ0) is 10.4. The minimum absolute atomic E-state index is 0.315. The molecule has 1 unspecified atom stereocenters. The quantitative estimate of drug-likeness (QED) is 0.694. The number of nitrogens with one attached hydrogen (secondary N) is 1. The van der Waals surface area contributed by atoms with Crippen LogP contribution >= 0.6 is 0 Å². The van der Waals surface area contributed by atoms with Gasteiger partial charge in [-0.05, 0) is 19.0 Å². The van der Waals surface area contributed by atoms with E-state index >= 15 is 0 Å². The maximum atomic E-state index is 9.62. The van der Waals surface area contributed by atoms with Crippen LogP contribution in [0.2, 0.25) is 0 Å². The SMILES string of the molecule is CCNCC(O)Cc1cnn(CC)c1. The number of aromatic nitrogens is 2. The highest BCUT2D eigenvalue weighted by Gasteiger charge is 2.06. The number of hydrogen-bond acceptors (Lipinski definition) is 3. The Morgan fingerprint density at radius 1 is 1.57 bits per heavy atom. The van der Waals surface area contributed by atoms with E-state index in [1.165, 1.54) is 0 Å². The Labute approximate surface area is 84.9 Å². The number of aliphatic hydroxyl groups excluding tert-OH is 1. The van der Waals surface area contributed by atoms with Crippen molar-refractivity contribution >= 4 is 0 Å². The first kappa shape index (κ1) is 11.2. The number of rotatable bonds is 6. The summed E-state index contributed by atoms with van der Waals surface area (Å²) >= 11 is 0. The summed E-state index contributed by atoms with van der Waals surface area (Å²) in [4.78, 5) is 0. The second kappa shape index (κ2) is 5.78. The van der Waals surface area contributed by atoms with E-state index in [-0.39, 0.29) is 6.10 Å². The van der Waals surface area contributed by atoms with Crippen LogP contribution in [-0.4, -0.2) is 34.1 Å². The van der Waals surface area contributed by atoms with Crippen molar-refractivity contribution < 1.29 is 5.11 Å². The van der Waals surface area contributed by atoms with Crippen LogP contribution < -0.4 is 5.32 Å². The van der Waals surface area contributed by atoms with Gasteiger partial charge >= 0.3 is 0 Å². The zero-order valence-corrected chi connectivity index (χ0v) is 8.90. The van der Waals surface area contributed by atoms with Crippen LogP contribution in [0.25, 0.3) is 0 Å². The Hall–Kier alpha value is -0.870. The molecule has 1 aromatic rings. The average Bonchev–Trinajstić information content (AvgIpc) is 2.62. The van der Waals surface area contributed by atoms with Gasteiger partial charge in [0, 0.05) is 25.7 Å². The van der Waals surface area contributed by atoms with Crippen molar-refractivity contribution in [1.29, 1.82) is 0 Å². The molecule has 0 spiro atoms. The largest absolute Gasteiger partial charge is 0.391 e. The first-order chi connectivity index (χ1) is 6.76. The van der Waals surface area contributed by atoms with Crippen molar-refractivity contribution in [3.63, 3.8) is 0 Å². The van der Waals surface area contributed by atoms with E-state index in [1.54, 1.807) is 0 Å². The lowest BCUT2D eigenvalue weighted by Gasteiger charge is -2.08. The highest BCUT2D eigenvalue weighted by Crippen LogP contribution is 2.01. The second-order valence-electron chi connectivity index (χ2n) is 3.37. The molecule has 0 saturated carbocycles. The molecule has 14 heavy (non-hydrogen) atoms. The molecule has 0 aromatic carbocycles. The molecule has 1 aromatic heterocycles. The van der Waals surface area contributed by atoms with Gasteiger partial charge in [0.25, 0.3) is 0 Å². The number of aryl methyl sites for hydroxylation is 1. The summed E-state index contributed by atoms with van der Waals surface area (Å²) in [7, 11) is 0. The van der Waals surface area contributed by atoms with E-state index in [4.69, 9.17) is 0 Å². The van der Waals surface area contributed by atoms with Crippen molar-refractivity contribution in [3.8, 4) is 0 Å². The van der Waals surface area contributed by atoms with Crippen molar-refractivity contribution in [1.82, 2.24) is 15.1 Å². The fourth-order valence-electron chi connectivity index (χ4n) is 1.34. The molecule has 0 bridgehead atoms. The molecular weight excluding hydrogens is 178 g/mol. The number of likely N-dealkylation sites (N-methyl/N-ethyl adjacent to an activating group) is 1. The molecule has 1 heterocycles. The lowest BCUT2D eigenvalue weighted by Crippen LogP contribution is -2.27. The normalized spacial score (nSPS) is 13.1. The van der Waals surface area contributed by atoms with Crippen LogP contribution in [-0.2, 0) is 13.0 Å². The number of hydrogen-bond donors (Lipinski definition) is 2. The van der Waals surface area contributed by atoms with Crippen molar-refractivity contribution in [2.45, 2.75) is 32.9 Å². The molecule has 4 nitrogen and oxygen atoms in total. The summed E-state index contributed by atoms with van der Waals surface area (Å²) in [5.41, 5.74) is 1.09. The first-order valence-electron chi connectivity index (χ1n) is 5.16. The second-order valence-corrected chi connectivity index (χ2v) is 3.37. The molecule has 4 heteroatoms. The van der Waals surface area contributed by atoms with Crippen LogP contribution in [0.4, 0.5) is 0 Å². The van der Waals surface area contributed by atoms with E-state index in [2.05, 4.69) is 10.4 Å². The van der Waals surface area contributed by atoms with E-state index in [0.29, 0.717) is 13.0 Å². The van der Waals surface area contributed by atoms with E-state index in [9.17, 15) is 5.11 Å². The van der Waals surface area contributed by atoms with Gasteiger partial charge in [0.15, 0.2) is 0 Å². The lowest BCUT2D eigenvalue weighted by atomic mass is 10.1. The van der Waals surface area contributed by atoms with Gasteiger partial charge < -0.3 is 10.4 Å². The highest BCUT2D eigenvalue weighted by atomic mass is 16.3. The van der Waals surface area contributed by atoms with Crippen LogP contribution in [0.5, 0.6) is 0 Å². The summed E-state index contributed by atoms with van der Waals surface area (Å²) in [6.45, 7) is 6.50. The predicted molar refractivity (Wildman–Crippen MR) is 56.2 cm³/mol. The van der Waals surface area contributed by atoms with Crippen LogP contribution in [0.3, 0.4) is 0 Å². The molecule has 0 aliphatic heterocycles. The fraction of sp³-hybridized carbons (Fsp3) is 0.700. The van der Waals surface area contributed by atoms with Gasteiger partial charge in [-0.3, -0.25) is 4.68 Å². The summed E-state index contributed by atoms with van der Waals surface area (Å²) < 4.78 is 1.87. The summed E-state index contributed by atoms with van der Waals surface area (Å²) in [5.74, 6) is 0. The molecule has 80 valence electrons. The Balaban J connectivity index is 2.35. The maximum absolute atomic E-state index is 9.62. The van der Waals surface area contributed by atoms with Gasteiger partial charge in [-0.25, -0.2) is 0 Å². The van der Waals surface area contributed by atoms with Crippen LogP contribution in [0.1, 0.15) is 19.4 Å². The lowest BCUT2D eigenvalue weighted by molar-refractivity contribution is 0.172. The average molecular weight is 197 g/mol. The summed E-state index contributed by atoms with van der Waals surface area (Å²) in [5, 5.41) is 16.9. The highest BCUT2D eigenvalue weighted by molar-refractivity contribution is 5.05. The zero-order valence-electron chi connectivity index (χ0n) is 8.90. The van der Waals surface area contributed by atoms with Gasteiger partial charge in [0.05, 0.1) is 12.3 Å². The molecule has 1 atom stereocenters. The Morgan fingerprint density at radius 3 is 2.93 bits per heavy atom. The summed E-state index contributed by atoms with van der Waals surface area (Å²) in [6.07, 6.45) is 4.16. The summed E-state index contributed by atoms with van der Waals surface area (Å²) in [6, 6.07) is 0. The van der Waals surface area contributed by atoms with Gasteiger partial charge in [-0.2, -0.15) is 5.10 Å². The van der Waals surface area contributed by atoms with Crippen LogP contribution in [0.15, 0.2) is 12.4 Å². The minimum atomic E-state index is -0.315. The van der Waals surface area contributed by atoms with E-state index in [0.717, 1.165) is 18.7 Å². The third-order valence-corrected chi connectivity index (χ3v) is 2.11. The minimum Gasteiger partial charge on any atom is -0.391 e. The smallest absolute Gasteiger partial charge is 0.0706 e. The standard InChI is InChI=1S/C10H19N3O/c1-3-11-7-10(14)5-9-6-12-13(4-2)8-9/h6,8,10-11,14H,3-5,7H2,1-2H3. The molecule has 0 aliphatic carbocycles. The Kier molecular flexibility index (Phi) is 4.62. The fourth-order valence-corrected chi connectivity index (χ4v) is 1.34. The molecule has 0 fully saturated rings. The van der Waals surface area contributed by atoms with Crippen molar-refractivity contribution in [2.24, 2.45) is 0 Å². The molecule has 0 aliphatic rings. The van der Waals surface area contributed by atoms with E-state index in [1.807, 2.05) is 30.9 Å². The molecule has 0 saturated heterocycles. The van der Waals surface area contributed by atoms with Crippen molar-refractivity contribution in [3.05, 3.63) is 18.0 Å². The molecule has 0 radical (unpaired) electrons. The monoisotopic (exact) mass is 197 g/mol. The van der Waals surface area contributed by atoms with Crippen LogP contribution in [0, 0.1) is 0 Å². The topological polar surface area (TPSA) is 50.1 Å². The Morgan fingerprint density at radius 2 is 2.36 bits per heavy atom. The predicted octanol–water partition coefficient (Wildman–Crippen LogP) is 0.416. The first-order valence-corrected chi connectivity index (χ1v) is 5.16. The van der Waals surface area contributed by atoms with Crippen molar-refractivity contribution in [2.75, 3.05) is 13.1 Å². The number of nitrogens with zero attached hydrogens (tertiary/aromatic N) is 2. The van der Waals surface area contributed by atoms with Gasteiger partial charge in [0.1, 0.15) is 0 Å². The number of aliphatic hydroxyl groups is 1. The van der Waals surface area contributed by atoms with Gasteiger partial charge in [-0.15, -0.1) is 0 Å². The Bertz CT molecular complexity index is 260. The third kappa shape index (κ3) is 3.47. The molecular formula is C10H19N3O. The van der Waals surface area contributed by atoms with Gasteiger partial charge in [-0.1, -0.05) is 6.92 Å². The van der Waals surface area contributed by atoms with E-state index < -0.39 is 0 Å². The maximum Gasteiger partial charge on any atom is 0.0706 e. The molecule has 2 N–H and O–H groups in total. The molecule has 0 amide bonds.